The molecule has 8 nitrogen and oxygen atoms in total. The molecule has 1 aromatic heterocycles. The molecular formula is C26H24F2N4O4S. The van der Waals surface area contributed by atoms with Gasteiger partial charge in [0.1, 0.15) is 23.9 Å². The first kappa shape index (κ1) is 25.9. The highest BCUT2D eigenvalue weighted by atomic mass is 32.3. The quantitative estimate of drug-likeness (QED) is 0.205. The molecule has 0 saturated heterocycles. The van der Waals surface area contributed by atoms with Crippen molar-refractivity contribution in [3.05, 3.63) is 102 Å². The number of amides is 1. The number of anilines is 2. The van der Waals surface area contributed by atoms with Gasteiger partial charge in [-0.1, -0.05) is 52.6 Å². The van der Waals surface area contributed by atoms with Gasteiger partial charge in [0.15, 0.2) is 5.82 Å². The second kappa shape index (κ2) is 11.2. The lowest BCUT2D eigenvalue weighted by molar-refractivity contribution is 0.206. The summed E-state index contributed by atoms with van der Waals surface area (Å²) >= 11 is 0. The Hall–Kier alpha value is -4.22. The van der Waals surface area contributed by atoms with Gasteiger partial charge in [0.2, 0.25) is 5.95 Å². The summed E-state index contributed by atoms with van der Waals surface area (Å²) in [6, 6.07) is 19.9. The summed E-state index contributed by atoms with van der Waals surface area (Å²) in [5, 5.41) is 11.8. The monoisotopic (exact) mass is 526 g/mol. The SMILES string of the molecule is C[SH](O)(Cc1cccc(Nc2ncc(F)c(-c3ccc(F)cc3OCc3ccccc3)n2)c1)=NC(=O)O. The maximum Gasteiger partial charge on any atom is 0.437 e. The summed E-state index contributed by atoms with van der Waals surface area (Å²) in [5.74, 6) is -0.995. The number of benzene rings is 3. The number of hydrogen-bond acceptors (Lipinski definition) is 5. The van der Waals surface area contributed by atoms with Crippen LogP contribution in [-0.2, 0) is 22.5 Å². The van der Waals surface area contributed by atoms with Gasteiger partial charge in [-0.2, -0.15) is 4.36 Å². The molecule has 0 saturated carbocycles. The topological polar surface area (TPSA) is 117 Å². The van der Waals surface area contributed by atoms with Crippen LogP contribution in [0.2, 0.25) is 0 Å². The lowest BCUT2D eigenvalue weighted by Gasteiger charge is -2.17. The second-order valence-electron chi connectivity index (χ2n) is 8.26. The second-order valence-corrected chi connectivity index (χ2v) is 11.0. The third kappa shape index (κ3) is 7.15. The molecule has 0 aliphatic carbocycles. The van der Waals surface area contributed by atoms with E-state index >= 15 is 0 Å². The smallest absolute Gasteiger partial charge is 0.437 e. The molecule has 3 aromatic carbocycles. The first-order valence-corrected chi connectivity index (χ1v) is 13.4. The Morgan fingerprint density at radius 1 is 1.05 bits per heavy atom. The van der Waals surface area contributed by atoms with E-state index in [2.05, 4.69) is 19.6 Å². The molecule has 0 aliphatic rings. The van der Waals surface area contributed by atoms with Gasteiger partial charge in [-0.3, -0.25) is 0 Å². The van der Waals surface area contributed by atoms with Crippen molar-refractivity contribution in [1.82, 2.24) is 9.97 Å². The largest absolute Gasteiger partial charge is 0.488 e. The minimum absolute atomic E-state index is 0.0576. The Labute approximate surface area is 212 Å². The first-order valence-electron chi connectivity index (χ1n) is 11.1. The molecule has 0 fully saturated rings. The fourth-order valence-electron chi connectivity index (χ4n) is 3.60. The highest BCUT2D eigenvalue weighted by Crippen LogP contribution is 2.32. The third-order valence-electron chi connectivity index (χ3n) is 5.15. The number of nitrogens with one attached hydrogen (secondary N) is 1. The lowest BCUT2D eigenvalue weighted by Crippen LogP contribution is -2.13. The molecular weight excluding hydrogens is 502 g/mol. The Morgan fingerprint density at radius 2 is 1.81 bits per heavy atom. The molecule has 3 N–H and O–H groups in total. The van der Waals surface area contributed by atoms with Gasteiger partial charge in [-0.05, 0) is 41.6 Å². The Balaban J connectivity index is 1.59. The predicted molar refractivity (Wildman–Crippen MR) is 139 cm³/mol. The average molecular weight is 527 g/mol. The molecule has 0 aliphatic heterocycles. The van der Waals surface area contributed by atoms with Gasteiger partial charge < -0.3 is 19.7 Å². The van der Waals surface area contributed by atoms with E-state index in [0.29, 0.717) is 11.3 Å². The van der Waals surface area contributed by atoms with Crippen molar-refractivity contribution < 1.29 is 28.0 Å². The molecule has 1 amide bonds. The van der Waals surface area contributed by atoms with Gasteiger partial charge in [0, 0.05) is 23.1 Å². The number of hydrogen-bond donors (Lipinski definition) is 4. The van der Waals surface area contributed by atoms with Crippen LogP contribution in [0.15, 0.2) is 83.4 Å². The first-order chi connectivity index (χ1) is 17.7. The highest BCUT2D eigenvalue weighted by molar-refractivity contribution is 7.98. The van der Waals surface area contributed by atoms with Crippen LogP contribution in [0.3, 0.4) is 0 Å². The molecule has 0 spiro atoms. The minimum atomic E-state index is -3.04. The predicted octanol–water partition coefficient (Wildman–Crippen LogP) is 6.10. The number of ether oxygens (including phenoxy) is 1. The number of carbonyl (C=O) groups is 1. The van der Waals surface area contributed by atoms with Gasteiger partial charge in [0.05, 0.1) is 6.20 Å². The molecule has 0 unspecified atom stereocenters. The Morgan fingerprint density at radius 3 is 2.57 bits per heavy atom. The Bertz CT molecular complexity index is 1480. The van der Waals surface area contributed by atoms with Crippen molar-refractivity contribution in [3.63, 3.8) is 0 Å². The van der Waals surface area contributed by atoms with Crippen LogP contribution in [0.1, 0.15) is 11.1 Å². The van der Waals surface area contributed by atoms with E-state index in [1.165, 1.54) is 24.5 Å². The fourth-order valence-corrected chi connectivity index (χ4v) is 4.93. The van der Waals surface area contributed by atoms with Crippen LogP contribution in [0.5, 0.6) is 5.75 Å². The van der Waals surface area contributed by atoms with Gasteiger partial charge >= 0.3 is 6.09 Å². The molecule has 0 bridgehead atoms. The zero-order valence-electron chi connectivity index (χ0n) is 19.7. The molecule has 37 heavy (non-hydrogen) atoms. The van der Waals surface area contributed by atoms with Crippen molar-refractivity contribution in [2.24, 2.45) is 4.36 Å². The summed E-state index contributed by atoms with van der Waals surface area (Å²) in [4.78, 5) is 19.1. The molecule has 4 rings (SSSR count). The number of carboxylic acid groups (broad SMARTS) is 1. The normalized spacial score (nSPS) is 11.6. The molecule has 192 valence electrons. The fraction of sp³-hybridized carbons (Fsp3) is 0.115. The minimum Gasteiger partial charge on any atom is -0.488 e. The summed E-state index contributed by atoms with van der Waals surface area (Å²) in [7, 11) is -3.04. The number of nitrogens with zero attached hydrogens (tertiary/aromatic N) is 3. The average Bonchev–Trinajstić information content (AvgIpc) is 2.84. The Kier molecular flexibility index (Phi) is 7.85. The van der Waals surface area contributed by atoms with Crippen LogP contribution in [0.25, 0.3) is 11.3 Å². The van der Waals surface area contributed by atoms with Crippen molar-refractivity contribution >= 4 is 27.8 Å². The number of rotatable bonds is 8. The van der Waals surface area contributed by atoms with E-state index in [-0.39, 0.29) is 35.3 Å². The summed E-state index contributed by atoms with van der Waals surface area (Å²) < 4.78 is 48.3. The van der Waals surface area contributed by atoms with E-state index in [0.717, 1.165) is 11.8 Å². The lowest BCUT2D eigenvalue weighted by atomic mass is 10.1. The van der Waals surface area contributed by atoms with Crippen molar-refractivity contribution in [2.75, 3.05) is 11.6 Å². The van der Waals surface area contributed by atoms with Crippen molar-refractivity contribution in [2.45, 2.75) is 12.4 Å². The van der Waals surface area contributed by atoms with Crippen LogP contribution < -0.4 is 10.1 Å². The van der Waals surface area contributed by atoms with Crippen molar-refractivity contribution in [3.8, 4) is 17.0 Å². The zero-order chi connectivity index (χ0) is 26.4. The van der Waals surface area contributed by atoms with Crippen molar-refractivity contribution in [1.29, 1.82) is 0 Å². The highest BCUT2D eigenvalue weighted by Gasteiger charge is 2.16. The standard InChI is InChI=1S/C26H24F2N4O4S/c1-37(35,32-26(33)34)16-18-8-5-9-20(12-18)30-25-29-14-22(28)24(31-25)21-11-10-19(27)13-23(21)36-15-17-6-3-2-4-7-17/h2-14,37H,15-16H2,1H3,(H,32,35)(H,33,34)(H,29,30,31). The van der Waals surface area contributed by atoms with E-state index in [1.54, 1.807) is 24.3 Å². The van der Waals surface area contributed by atoms with E-state index in [1.807, 2.05) is 30.3 Å². The maximum atomic E-state index is 14.8. The van der Waals surface area contributed by atoms with Gasteiger partial charge in [-0.25, -0.2) is 23.5 Å². The number of thiol groups is 1. The molecule has 4 aromatic rings. The number of halogens is 2. The van der Waals surface area contributed by atoms with Crippen LogP contribution in [0.4, 0.5) is 25.2 Å². The summed E-state index contributed by atoms with van der Waals surface area (Å²) in [5.41, 5.74) is 2.22. The molecule has 0 radical (unpaired) electrons. The summed E-state index contributed by atoms with van der Waals surface area (Å²) in [6.07, 6.45) is 0.977. The third-order valence-corrected chi connectivity index (χ3v) is 6.71. The maximum absolute atomic E-state index is 14.8. The number of aromatic nitrogens is 2. The van der Waals surface area contributed by atoms with Gasteiger partial charge in [0.25, 0.3) is 0 Å². The van der Waals surface area contributed by atoms with Crippen LogP contribution in [-0.4, -0.2) is 32.0 Å². The summed E-state index contributed by atoms with van der Waals surface area (Å²) in [6.45, 7) is 0.155. The molecule has 1 heterocycles. The van der Waals surface area contributed by atoms with Gasteiger partial charge in [-0.15, -0.1) is 0 Å². The molecule has 11 heteroatoms. The molecule has 0 atom stereocenters. The van der Waals surface area contributed by atoms with E-state index in [4.69, 9.17) is 9.84 Å². The van der Waals surface area contributed by atoms with E-state index < -0.39 is 27.8 Å². The zero-order valence-corrected chi connectivity index (χ0v) is 20.6. The van der Waals surface area contributed by atoms with Crippen LogP contribution >= 0.6 is 0 Å². The van der Waals surface area contributed by atoms with E-state index in [9.17, 15) is 18.1 Å². The van der Waals surface area contributed by atoms with Crippen LogP contribution in [0, 0.1) is 11.6 Å².